The molecular formula is C7H14N4. The van der Waals surface area contributed by atoms with E-state index in [2.05, 4.69) is 22.5 Å². The number of aromatic nitrogens is 3. The summed E-state index contributed by atoms with van der Waals surface area (Å²) in [5.74, 6) is 0. The summed E-state index contributed by atoms with van der Waals surface area (Å²) in [6.45, 7) is 3.19. The van der Waals surface area contributed by atoms with Gasteiger partial charge in [-0.3, -0.25) is 0 Å². The highest BCUT2D eigenvalue weighted by Gasteiger charge is 1.87. The summed E-state index contributed by atoms with van der Waals surface area (Å²) in [5.41, 5.74) is 3.15. The Morgan fingerprint density at radius 2 is 2.00 bits per heavy atom. The van der Waals surface area contributed by atoms with Gasteiger partial charge in [-0.05, 0) is 6.42 Å². The van der Waals surface area contributed by atoms with Crippen LogP contribution in [0, 0.1) is 0 Å². The van der Waals surface area contributed by atoms with Crippen LogP contribution in [0.5, 0.6) is 0 Å². The van der Waals surface area contributed by atoms with Crippen molar-refractivity contribution in [3.05, 3.63) is 12.7 Å². The van der Waals surface area contributed by atoms with Crippen LogP contribution in [0.1, 0.15) is 26.2 Å². The first-order chi connectivity index (χ1) is 5.43. The third-order valence-corrected chi connectivity index (χ3v) is 1.49. The lowest BCUT2D eigenvalue weighted by molar-refractivity contribution is 0.701. The van der Waals surface area contributed by atoms with Gasteiger partial charge in [-0.25, -0.2) is 4.68 Å². The lowest BCUT2D eigenvalue weighted by atomic mass is 10.2. The molecule has 0 fully saturated rings. The minimum Gasteiger partial charge on any atom is -0.323 e. The molecule has 1 aromatic heterocycles. The largest absolute Gasteiger partial charge is 0.323 e. The number of nitrogens with one attached hydrogen (secondary N) is 1. The highest BCUT2D eigenvalue weighted by molar-refractivity contribution is 4.70. The molecule has 0 atom stereocenters. The summed E-state index contributed by atoms with van der Waals surface area (Å²) in [6, 6.07) is 0. The first-order valence-corrected chi connectivity index (χ1v) is 4.02. The third-order valence-electron chi connectivity index (χ3n) is 1.49. The Bertz CT molecular complexity index is 171. The van der Waals surface area contributed by atoms with E-state index in [0.29, 0.717) is 0 Å². The Morgan fingerprint density at radius 1 is 1.27 bits per heavy atom. The molecule has 0 aliphatic heterocycles. The molecule has 4 heteroatoms. The van der Waals surface area contributed by atoms with Crippen LogP contribution in [0.15, 0.2) is 12.7 Å². The number of nitrogens with zero attached hydrogens (tertiary/aromatic N) is 3. The number of hydrogen-bond acceptors (Lipinski definition) is 3. The molecule has 0 spiro atoms. The Labute approximate surface area is 66.6 Å². The summed E-state index contributed by atoms with van der Waals surface area (Å²) < 4.78 is 1.77. The van der Waals surface area contributed by atoms with Gasteiger partial charge in [0.2, 0.25) is 0 Å². The van der Waals surface area contributed by atoms with E-state index >= 15 is 0 Å². The van der Waals surface area contributed by atoms with Crippen molar-refractivity contribution in [2.45, 2.75) is 26.2 Å². The molecule has 0 radical (unpaired) electrons. The topological polar surface area (TPSA) is 42.7 Å². The zero-order valence-electron chi connectivity index (χ0n) is 6.82. The molecule has 0 aliphatic rings. The predicted octanol–water partition coefficient (Wildman–Crippen LogP) is 1.01. The molecule has 0 saturated carbocycles. The number of unbranched alkanes of at least 4 members (excludes halogenated alkanes) is 2. The molecule has 1 N–H and O–H groups in total. The van der Waals surface area contributed by atoms with Crippen molar-refractivity contribution in [3.63, 3.8) is 0 Å². The first-order valence-electron chi connectivity index (χ1n) is 4.02. The van der Waals surface area contributed by atoms with Gasteiger partial charge in [-0.15, -0.1) is 10.2 Å². The maximum atomic E-state index is 3.67. The van der Waals surface area contributed by atoms with Crippen molar-refractivity contribution < 1.29 is 0 Å². The average Bonchev–Trinajstić information content (AvgIpc) is 2.50. The predicted molar refractivity (Wildman–Crippen MR) is 43.8 cm³/mol. The minimum atomic E-state index is 0.992. The molecule has 62 valence electrons. The van der Waals surface area contributed by atoms with E-state index in [9.17, 15) is 0 Å². The van der Waals surface area contributed by atoms with Crippen LogP contribution < -0.4 is 5.43 Å². The SMILES string of the molecule is CCCCCNn1cnnc1. The molecule has 1 heterocycles. The summed E-state index contributed by atoms with van der Waals surface area (Å²) in [5, 5.41) is 7.34. The van der Waals surface area contributed by atoms with Crippen LogP contribution in [0.4, 0.5) is 0 Å². The van der Waals surface area contributed by atoms with Gasteiger partial charge >= 0.3 is 0 Å². The molecular weight excluding hydrogens is 140 g/mol. The maximum Gasteiger partial charge on any atom is 0.138 e. The van der Waals surface area contributed by atoms with E-state index in [1.54, 1.807) is 17.3 Å². The average molecular weight is 154 g/mol. The Balaban J connectivity index is 2.04. The van der Waals surface area contributed by atoms with Crippen LogP contribution in [0.2, 0.25) is 0 Å². The van der Waals surface area contributed by atoms with Gasteiger partial charge in [0.1, 0.15) is 12.7 Å². The van der Waals surface area contributed by atoms with Gasteiger partial charge in [-0.1, -0.05) is 19.8 Å². The van der Waals surface area contributed by atoms with Gasteiger partial charge < -0.3 is 5.43 Å². The quantitative estimate of drug-likeness (QED) is 0.644. The Morgan fingerprint density at radius 3 is 2.64 bits per heavy atom. The van der Waals surface area contributed by atoms with E-state index < -0.39 is 0 Å². The van der Waals surface area contributed by atoms with Crippen molar-refractivity contribution in [1.29, 1.82) is 0 Å². The molecule has 0 unspecified atom stereocenters. The monoisotopic (exact) mass is 154 g/mol. The van der Waals surface area contributed by atoms with Crippen molar-refractivity contribution in [3.8, 4) is 0 Å². The highest BCUT2D eigenvalue weighted by Crippen LogP contribution is 1.91. The third kappa shape index (κ3) is 3.02. The molecule has 0 amide bonds. The highest BCUT2D eigenvalue weighted by atomic mass is 15.5. The van der Waals surface area contributed by atoms with Crippen molar-refractivity contribution in [2.75, 3.05) is 12.0 Å². The van der Waals surface area contributed by atoms with E-state index in [0.717, 1.165) is 6.54 Å². The molecule has 1 rings (SSSR count). The van der Waals surface area contributed by atoms with Crippen molar-refractivity contribution in [1.82, 2.24) is 14.9 Å². The van der Waals surface area contributed by atoms with E-state index in [-0.39, 0.29) is 0 Å². The summed E-state index contributed by atoms with van der Waals surface area (Å²) in [7, 11) is 0. The molecule has 1 aromatic rings. The van der Waals surface area contributed by atoms with Crippen molar-refractivity contribution >= 4 is 0 Å². The van der Waals surface area contributed by atoms with Crippen molar-refractivity contribution in [2.24, 2.45) is 0 Å². The molecule has 0 bridgehead atoms. The summed E-state index contributed by atoms with van der Waals surface area (Å²) in [6.07, 6.45) is 7.05. The fraction of sp³-hybridized carbons (Fsp3) is 0.714. The van der Waals surface area contributed by atoms with Crippen LogP contribution in [-0.2, 0) is 0 Å². The smallest absolute Gasteiger partial charge is 0.138 e. The van der Waals surface area contributed by atoms with E-state index in [1.165, 1.54) is 19.3 Å². The van der Waals surface area contributed by atoms with Crippen LogP contribution >= 0.6 is 0 Å². The second-order valence-electron chi connectivity index (χ2n) is 2.48. The van der Waals surface area contributed by atoms with Crippen LogP contribution in [0.3, 0.4) is 0 Å². The Hall–Kier alpha value is -1.06. The zero-order valence-corrected chi connectivity index (χ0v) is 6.82. The van der Waals surface area contributed by atoms with E-state index in [4.69, 9.17) is 0 Å². The van der Waals surface area contributed by atoms with Gasteiger partial charge in [-0.2, -0.15) is 0 Å². The van der Waals surface area contributed by atoms with E-state index in [1.807, 2.05) is 0 Å². The fourth-order valence-electron chi connectivity index (χ4n) is 0.866. The molecule has 0 aromatic carbocycles. The molecule has 0 aliphatic carbocycles. The van der Waals surface area contributed by atoms with Gasteiger partial charge in [0.15, 0.2) is 0 Å². The molecule has 0 saturated heterocycles. The first kappa shape index (κ1) is 8.04. The van der Waals surface area contributed by atoms with Crippen LogP contribution in [-0.4, -0.2) is 21.4 Å². The summed E-state index contributed by atoms with van der Waals surface area (Å²) in [4.78, 5) is 0. The normalized spacial score (nSPS) is 9.91. The Kier molecular flexibility index (Phi) is 3.44. The number of hydrogen-bond donors (Lipinski definition) is 1. The van der Waals surface area contributed by atoms with Gasteiger partial charge in [0.25, 0.3) is 0 Å². The maximum absolute atomic E-state index is 3.67. The lowest BCUT2D eigenvalue weighted by Gasteiger charge is -2.03. The second kappa shape index (κ2) is 4.71. The molecule has 11 heavy (non-hydrogen) atoms. The standard InChI is InChI=1S/C7H14N4/c1-2-3-4-5-10-11-6-8-9-7-11/h6-7,10H,2-5H2,1H3. The lowest BCUT2D eigenvalue weighted by Crippen LogP contribution is -2.13. The number of rotatable bonds is 5. The van der Waals surface area contributed by atoms with Gasteiger partial charge in [0, 0.05) is 6.54 Å². The zero-order chi connectivity index (χ0) is 7.94. The second-order valence-corrected chi connectivity index (χ2v) is 2.48. The molecule has 4 nitrogen and oxygen atoms in total. The van der Waals surface area contributed by atoms with Gasteiger partial charge in [0.05, 0.1) is 0 Å². The summed E-state index contributed by atoms with van der Waals surface area (Å²) >= 11 is 0. The minimum absolute atomic E-state index is 0.992. The fourth-order valence-corrected chi connectivity index (χ4v) is 0.866. The van der Waals surface area contributed by atoms with Crippen LogP contribution in [0.25, 0.3) is 0 Å².